The Morgan fingerprint density at radius 3 is 2.87 bits per heavy atom. The molecule has 6 nitrogen and oxygen atoms in total. The molecule has 0 spiro atoms. The van der Waals surface area contributed by atoms with E-state index >= 15 is 0 Å². The van der Waals surface area contributed by atoms with Gasteiger partial charge in [-0.25, -0.2) is 14.8 Å². The van der Waals surface area contributed by atoms with Crippen molar-refractivity contribution in [1.29, 1.82) is 0 Å². The summed E-state index contributed by atoms with van der Waals surface area (Å²) in [6.45, 7) is 0.707. The number of halogens is 1. The second kappa shape index (κ2) is 8.75. The maximum atomic E-state index is 11.5. The number of nitrogens with one attached hydrogen (secondary N) is 1. The van der Waals surface area contributed by atoms with Crippen molar-refractivity contribution in [2.45, 2.75) is 13.0 Å². The van der Waals surface area contributed by atoms with E-state index in [4.69, 9.17) is 22.1 Å². The number of nitrogens with zero attached hydrogens (tertiary/aromatic N) is 2. The van der Waals surface area contributed by atoms with E-state index in [0.717, 1.165) is 5.56 Å². The van der Waals surface area contributed by atoms with Gasteiger partial charge in [0, 0.05) is 18.3 Å². The second-order valence-corrected chi connectivity index (χ2v) is 5.01. The monoisotopic (exact) mass is 332 g/mol. The molecule has 1 amide bonds. The minimum absolute atomic E-state index is 0.134. The Balaban J connectivity index is 1.66. The van der Waals surface area contributed by atoms with Gasteiger partial charge in [-0.1, -0.05) is 54.1 Å². The molecule has 0 aliphatic carbocycles. The summed E-state index contributed by atoms with van der Waals surface area (Å²) in [5.74, 6) is 0.134. The molecule has 0 radical (unpaired) electrons. The lowest BCUT2D eigenvalue weighted by atomic mass is 10.2. The molecule has 0 saturated carbocycles. The molecule has 2 aromatic rings. The molecule has 1 aromatic carbocycles. The van der Waals surface area contributed by atoms with Gasteiger partial charge in [0.15, 0.2) is 0 Å². The standard InChI is InChI=1S/C16H17ClN4O2/c17-14-13(10-20-15(18)21-14)8-4-5-9-19-16(22)23-11-12-6-2-1-3-7-12/h1-4,6-8,10H,5,9,11H2,(H,19,22)(H2,18,20,21). The van der Waals surface area contributed by atoms with Crippen molar-refractivity contribution >= 4 is 29.7 Å². The Kier molecular flexibility index (Phi) is 6.38. The maximum absolute atomic E-state index is 11.5. The smallest absolute Gasteiger partial charge is 0.407 e. The highest BCUT2D eigenvalue weighted by Crippen LogP contribution is 2.14. The summed E-state index contributed by atoms with van der Waals surface area (Å²) < 4.78 is 5.10. The molecule has 23 heavy (non-hydrogen) atoms. The number of rotatable bonds is 6. The van der Waals surface area contributed by atoms with Crippen LogP contribution in [0.25, 0.3) is 6.08 Å². The first-order chi connectivity index (χ1) is 11.1. The lowest BCUT2D eigenvalue weighted by Crippen LogP contribution is -2.24. The van der Waals surface area contributed by atoms with Crippen LogP contribution in [0, 0.1) is 0 Å². The van der Waals surface area contributed by atoms with Gasteiger partial charge in [0.25, 0.3) is 0 Å². The summed E-state index contributed by atoms with van der Waals surface area (Å²) in [5, 5.41) is 2.96. The minimum Gasteiger partial charge on any atom is -0.445 e. The fourth-order valence-electron chi connectivity index (χ4n) is 1.74. The third-order valence-electron chi connectivity index (χ3n) is 2.88. The molecular formula is C16H17ClN4O2. The highest BCUT2D eigenvalue weighted by molar-refractivity contribution is 6.30. The Morgan fingerprint density at radius 2 is 2.13 bits per heavy atom. The summed E-state index contributed by atoms with van der Waals surface area (Å²) >= 11 is 5.92. The van der Waals surface area contributed by atoms with E-state index < -0.39 is 6.09 Å². The average molecular weight is 333 g/mol. The first-order valence-corrected chi connectivity index (χ1v) is 7.42. The quantitative estimate of drug-likeness (QED) is 0.626. The van der Waals surface area contributed by atoms with E-state index in [2.05, 4.69) is 15.3 Å². The number of alkyl carbamates (subject to hydrolysis) is 1. The van der Waals surface area contributed by atoms with Gasteiger partial charge in [-0.05, 0) is 12.0 Å². The normalized spacial score (nSPS) is 10.7. The van der Waals surface area contributed by atoms with Crippen molar-refractivity contribution in [3.63, 3.8) is 0 Å². The number of carbonyl (C=O) groups is 1. The van der Waals surface area contributed by atoms with Crippen molar-refractivity contribution in [2.24, 2.45) is 0 Å². The molecule has 2 rings (SSSR count). The molecule has 1 heterocycles. The number of carbonyl (C=O) groups excluding carboxylic acids is 1. The number of ether oxygens (including phenoxy) is 1. The molecule has 0 fully saturated rings. The average Bonchev–Trinajstić information content (AvgIpc) is 2.55. The first-order valence-electron chi connectivity index (χ1n) is 7.04. The molecule has 0 unspecified atom stereocenters. The number of hydrogen-bond acceptors (Lipinski definition) is 5. The first kappa shape index (κ1) is 16.8. The highest BCUT2D eigenvalue weighted by atomic mass is 35.5. The van der Waals surface area contributed by atoms with Gasteiger partial charge in [0.2, 0.25) is 5.95 Å². The largest absolute Gasteiger partial charge is 0.445 e. The summed E-state index contributed by atoms with van der Waals surface area (Å²) in [6, 6.07) is 9.50. The summed E-state index contributed by atoms with van der Waals surface area (Å²) in [5.41, 5.74) is 7.03. The van der Waals surface area contributed by atoms with Gasteiger partial charge in [-0.3, -0.25) is 0 Å². The van der Waals surface area contributed by atoms with Crippen LogP contribution in [0.4, 0.5) is 10.7 Å². The van der Waals surface area contributed by atoms with Crippen LogP contribution in [0.15, 0.2) is 42.6 Å². The number of benzene rings is 1. The van der Waals surface area contributed by atoms with Crippen molar-refractivity contribution in [1.82, 2.24) is 15.3 Å². The molecule has 0 aliphatic rings. The summed E-state index contributed by atoms with van der Waals surface area (Å²) in [4.78, 5) is 19.2. The van der Waals surface area contributed by atoms with Gasteiger partial charge in [-0.2, -0.15) is 0 Å². The van der Waals surface area contributed by atoms with E-state index in [1.54, 1.807) is 12.3 Å². The molecule has 7 heteroatoms. The Labute approximate surface area is 139 Å². The topological polar surface area (TPSA) is 90.1 Å². The van der Waals surface area contributed by atoms with Crippen LogP contribution >= 0.6 is 11.6 Å². The third kappa shape index (κ3) is 5.96. The van der Waals surface area contributed by atoms with Crippen LogP contribution in [-0.2, 0) is 11.3 Å². The van der Waals surface area contributed by atoms with Crippen molar-refractivity contribution in [3.05, 3.63) is 58.9 Å². The predicted molar refractivity (Wildman–Crippen MR) is 89.7 cm³/mol. The SMILES string of the molecule is Nc1ncc(C=CCCNC(=O)OCc2ccccc2)c(Cl)n1. The summed E-state index contributed by atoms with van der Waals surface area (Å²) in [7, 11) is 0. The molecule has 120 valence electrons. The van der Waals surface area contributed by atoms with Crippen LogP contribution in [-0.4, -0.2) is 22.6 Å². The Morgan fingerprint density at radius 1 is 1.35 bits per heavy atom. The fourth-order valence-corrected chi connectivity index (χ4v) is 1.94. The van der Waals surface area contributed by atoms with Crippen molar-refractivity contribution in [3.8, 4) is 0 Å². The molecule has 0 bridgehead atoms. The number of amides is 1. The minimum atomic E-state index is -0.448. The molecule has 0 saturated heterocycles. The molecular weight excluding hydrogens is 316 g/mol. The number of nitrogen functional groups attached to an aromatic ring is 1. The Hall–Kier alpha value is -2.60. The van der Waals surface area contributed by atoms with E-state index in [-0.39, 0.29) is 12.6 Å². The predicted octanol–water partition coefficient (Wildman–Crippen LogP) is 3.04. The van der Waals surface area contributed by atoms with Crippen molar-refractivity contribution < 1.29 is 9.53 Å². The number of nitrogens with two attached hydrogens (primary N) is 1. The molecule has 3 N–H and O–H groups in total. The zero-order valence-corrected chi connectivity index (χ0v) is 13.2. The zero-order chi connectivity index (χ0) is 16.5. The van der Waals surface area contributed by atoms with Crippen LogP contribution < -0.4 is 11.1 Å². The van der Waals surface area contributed by atoms with Crippen LogP contribution in [0.2, 0.25) is 5.15 Å². The van der Waals surface area contributed by atoms with Gasteiger partial charge >= 0.3 is 6.09 Å². The van der Waals surface area contributed by atoms with Gasteiger partial charge < -0.3 is 15.8 Å². The van der Waals surface area contributed by atoms with Crippen LogP contribution in [0.1, 0.15) is 17.5 Å². The van der Waals surface area contributed by atoms with E-state index in [0.29, 0.717) is 23.7 Å². The number of anilines is 1. The van der Waals surface area contributed by atoms with Gasteiger partial charge in [0.05, 0.1) is 0 Å². The van der Waals surface area contributed by atoms with E-state index in [9.17, 15) is 4.79 Å². The van der Waals surface area contributed by atoms with Gasteiger partial charge in [0.1, 0.15) is 11.8 Å². The molecule has 0 aliphatic heterocycles. The van der Waals surface area contributed by atoms with Crippen molar-refractivity contribution in [2.75, 3.05) is 12.3 Å². The summed E-state index contributed by atoms with van der Waals surface area (Å²) in [6.07, 6.45) is 5.36. The lowest BCUT2D eigenvalue weighted by molar-refractivity contribution is 0.140. The lowest BCUT2D eigenvalue weighted by Gasteiger charge is -2.05. The maximum Gasteiger partial charge on any atom is 0.407 e. The highest BCUT2D eigenvalue weighted by Gasteiger charge is 2.01. The number of hydrogen-bond donors (Lipinski definition) is 2. The molecule has 1 aromatic heterocycles. The number of aromatic nitrogens is 2. The zero-order valence-electron chi connectivity index (χ0n) is 12.4. The van der Waals surface area contributed by atoms with Crippen LogP contribution in [0.5, 0.6) is 0 Å². The Bertz CT molecular complexity index is 677. The molecule has 0 atom stereocenters. The second-order valence-electron chi connectivity index (χ2n) is 4.65. The van der Waals surface area contributed by atoms with E-state index in [1.807, 2.05) is 36.4 Å². The van der Waals surface area contributed by atoms with Gasteiger partial charge in [-0.15, -0.1) is 0 Å². The van der Waals surface area contributed by atoms with E-state index in [1.165, 1.54) is 0 Å². The third-order valence-corrected chi connectivity index (χ3v) is 3.18. The fraction of sp³-hybridized carbons (Fsp3) is 0.188. The van der Waals surface area contributed by atoms with Crippen LogP contribution in [0.3, 0.4) is 0 Å².